The molecule has 0 saturated carbocycles. The quantitative estimate of drug-likeness (QED) is 0.0761. The highest BCUT2D eigenvalue weighted by atomic mass is 32.2. The Hall–Kier alpha value is -6.13. The predicted molar refractivity (Wildman–Crippen MR) is 213 cm³/mol. The van der Waals surface area contributed by atoms with E-state index >= 15 is 0 Å². The third-order valence-electron chi connectivity index (χ3n) is 9.75. The molecule has 0 unspecified atom stereocenters. The molecule has 5 aromatic carbocycles. The fourth-order valence-corrected chi connectivity index (χ4v) is 7.58. The maximum Gasteiger partial charge on any atom is 0.191 e. The first-order valence-electron chi connectivity index (χ1n) is 17.8. The number of anilines is 1. The van der Waals surface area contributed by atoms with Crippen LogP contribution < -0.4 is 5.73 Å². The molecule has 9 nitrogen and oxygen atoms in total. The fraction of sp³-hybridized carbons (Fsp3) is 0.163. The molecule has 0 saturated heterocycles. The van der Waals surface area contributed by atoms with Crippen LogP contribution in [0.1, 0.15) is 47.8 Å². The number of fused-ring (bicyclic) bond motifs is 1. The van der Waals surface area contributed by atoms with Gasteiger partial charge < -0.3 is 10.3 Å². The second-order valence-corrected chi connectivity index (χ2v) is 13.7. The molecule has 53 heavy (non-hydrogen) atoms. The van der Waals surface area contributed by atoms with E-state index in [1.165, 1.54) is 11.8 Å². The van der Waals surface area contributed by atoms with Gasteiger partial charge in [-0.3, -0.25) is 0 Å². The Kier molecular flexibility index (Phi) is 9.52. The smallest absolute Gasteiger partial charge is 0.191 e. The number of nitrogens with zero attached hydrogens (tertiary/aromatic N) is 8. The molecule has 2 N–H and O–H groups in total. The molecule has 3 heterocycles. The van der Waals surface area contributed by atoms with E-state index < -0.39 is 5.54 Å². The summed E-state index contributed by atoms with van der Waals surface area (Å²) in [4.78, 5) is 14.2. The second-order valence-electron chi connectivity index (χ2n) is 13.0. The number of aryl methyl sites for hydroxylation is 1. The number of thioether (sulfide) groups is 1. The molecule has 0 fully saturated rings. The van der Waals surface area contributed by atoms with Crippen molar-refractivity contribution in [3.8, 4) is 22.5 Å². The first-order valence-corrected chi connectivity index (χ1v) is 19.0. The average molecular weight is 714 g/mol. The number of unbranched alkanes of at least 4 members (excludes halogenated alkanes) is 1. The largest absolute Gasteiger partial charge is 0.382 e. The van der Waals surface area contributed by atoms with Crippen LogP contribution in [0, 0.1) is 0 Å². The molecule has 0 amide bonds. The molecule has 0 aliphatic rings. The van der Waals surface area contributed by atoms with E-state index in [1.807, 2.05) is 35.2 Å². The van der Waals surface area contributed by atoms with Gasteiger partial charge in [0.1, 0.15) is 11.4 Å². The van der Waals surface area contributed by atoms with Crippen molar-refractivity contribution in [1.82, 2.24) is 39.7 Å². The lowest BCUT2D eigenvalue weighted by molar-refractivity contribution is 0.451. The number of hydrogen-bond acceptors (Lipinski definition) is 8. The van der Waals surface area contributed by atoms with Gasteiger partial charge in [-0.05, 0) is 56.5 Å². The van der Waals surface area contributed by atoms with Crippen LogP contribution in [-0.2, 0) is 18.5 Å². The van der Waals surface area contributed by atoms with Gasteiger partial charge in [0.2, 0.25) is 0 Å². The van der Waals surface area contributed by atoms with Gasteiger partial charge in [0.05, 0.1) is 6.54 Å². The minimum Gasteiger partial charge on any atom is -0.382 e. The van der Waals surface area contributed by atoms with Crippen LogP contribution in [-0.4, -0.2) is 46.0 Å². The van der Waals surface area contributed by atoms with Crippen molar-refractivity contribution >= 4 is 28.7 Å². The van der Waals surface area contributed by atoms with Gasteiger partial charge in [0, 0.05) is 12.0 Å². The van der Waals surface area contributed by atoms with Crippen LogP contribution in [0.4, 0.5) is 5.82 Å². The Morgan fingerprint density at radius 3 is 1.85 bits per heavy atom. The van der Waals surface area contributed by atoms with Crippen LogP contribution in [0.2, 0.25) is 0 Å². The number of imidazole rings is 1. The Bertz CT molecular complexity index is 2360. The number of rotatable bonds is 12. The number of tetrazole rings is 1. The number of nitrogen functional groups attached to an aromatic ring is 1. The molecule has 8 rings (SSSR count). The first kappa shape index (κ1) is 34.0. The second kappa shape index (κ2) is 14.8. The van der Waals surface area contributed by atoms with Crippen LogP contribution in [0.5, 0.6) is 0 Å². The number of nitrogens with two attached hydrogens (primary N) is 1. The topological polar surface area (TPSA) is 113 Å². The van der Waals surface area contributed by atoms with E-state index in [4.69, 9.17) is 26.0 Å². The zero-order chi connectivity index (χ0) is 36.2. The van der Waals surface area contributed by atoms with E-state index in [0.717, 1.165) is 69.7 Å². The highest BCUT2D eigenvalue weighted by Gasteiger charge is 2.42. The van der Waals surface area contributed by atoms with Crippen molar-refractivity contribution < 1.29 is 0 Å². The van der Waals surface area contributed by atoms with E-state index in [0.29, 0.717) is 28.9 Å². The molecule has 10 heteroatoms. The third-order valence-corrected chi connectivity index (χ3v) is 10.3. The molecule has 0 aliphatic carbocycles. The van der Waals surface area contributed by atoms with E-state index in [2.05, 4.69) is 137 Å². The normalized spacial score (nSPS) is 11.7. The SMILES string of the molecule is CCCCc1nc2c(N)nc(SC)nc2n1Cc1ccc(-c2ccccc2-c2nnnn2C(c2ccccc2)(c2ccccc2)c2ccccc2)cc1. The summed E-state index contributed by atoms with van der Waals surface area (Å²) in [5.74, 6) is 2.05. The maximum atomic E-state index is 6.36. The summed E-state index contributed by atoms with van der Waals surface area (Å²) >= 11 is 1.48. The summed E-state index contributed by atoms with van der Waals surface area (Å²) in [6, 6.07) is 48.4. The van der Waals surface area contributed by atoms with E-state index in [-0.39, 0.29) is 0 Å². The Balaban J connectivity index is 1.23. The molecule has 0 spiro atoms. The number of benzene rings is 5. The predicted octanol–water partition coefficient (Wildman–Crippen LogP) is 8.68. The van der Waals surface area contributed by atoms with Crippen molar-refractivity contribution in [2.45, 2.75) is 43.4 Å². The molecule has 0 bridgehead atoms. The molecular formula is C43H39N9S. The van der Waals surface area contributed by atoms with Crippen LogP contribution in [0.3, 0.4) is 0 Å². The van der Waals surface area contributed by atoms with Gasteiger partial charge >= 0.3 is 0 Å². The van der Waals surface area contributed by atoms with Crippen molar-refractivity contribution in [1.29, 1.82) is 0 Å². The molecule has 0 atom stereocenters. The Morgan fingerprint density at radius 2 is 1.26 bits per heavy atom. The first-order chi connectivity index (χ1) is 26.1. The summed E-state index contributed by atoms with van der Waals surface area (Å²) in [5, 5.41) is 14.5. The molecule has 0 radical (unpaired) electrons. The van der Waals surface area contributed by atoms with Crippen molar-refractivity contribution in [2.24, 2.45) is 0 Å². The van der Waals surface area contributed by atoms with Crippen molar-refractivity contribution in [3.05, 3.63) is 168 Å². The lowest BCUT2D eigenvalue weighted by Gasteiger charge is -2.36. The minimum absolute atomic E-state index is 0.418. The molecule has 8 aromatic rings. The van der Waals surface area contributed by atoms with Gasteiger partial charge in [-0.15, -0.1) is 5.10 Å². The lowest BCUT2D eigenvalue weighted by Crippen LogP contribution is -2.39. The Morgan fingerprint density at radius 1 is 0.679 bits per heavy atom. The zero-order valence-electron chi connectivity index (χ0n) is 29.7. The maximum absolute atomic E-state index is 6.36. The summed E-state index contributed by atoms with van der Waals surface area (Å²) in [5.41, 5.74) is 14.2. The van der Waals surface area contributed by atoms with Crippen molar-refractivity contribution in [3.63, 3.8) is 0 Å². The average Bonchev–Trinajstić information content (AvgIpc) is 3.84. The van der Waals surface area contributed by atoms with Gasteiger partial charge in [-0.25, -0.2) is 19.6 Å². The van der Waals surface area contributed by atoms with Gasteiger partial charge in [0.25, 0.3) is 0 Å². The molecule has 262 valence electrons. The zero-order valence-corrected chi connectivity index (χ0v) is 30.5. The van der Waals surface area contributed by atoms with Gasteiger partial charge in [-0.1, -0.05) is 165 Å². The summed E-state index contributed by atoms with van der Waals surface area (Å²) in [7, 11) is 0. The summed E-state index contributed by atoms with van der Waals surface area (Å²) in [6.07, 6.45) is 4.90. The molecule has 0 aliphatic heterocycles. The molecular weight excluding hydrogens is 675 g/mol. The van der Waals surface area contributed by atoms with Crippen LogP contribution in [0.25, 0.3) is 33.7 Å². The van der Waals surface area contributed by atoms with Crippen LogP contribution >= 0.6 is 11.8 Å². The Labute approximate surface area is 313 Å². The fourth-order valence-electron chi connectivity index (χ4n) is 7.22. The summed E-state index contributed by atoms with van der Waals surface area (Å²) < 4.78 is 4.18. The number of hydrogen-bond donors (Lipinski definition) is 1. The highest BCUT2D eigenvalue weighted by Crippen LogP contribution is 2.43. The monoisotopic (exact) mass is 713 g/mol. The van der Waals surface area contributed by atoms with Crippen LogP contribution in [0.15, 0.2) is 145 Å². The summed E-state index contributed by atoms with van der Waals surface area (Å²) in [6.45, 7) is 2.81. The lowest BCUT2D eigenvalue weighted by atomic mass is 9.77. The molecule has 3 aromatic heterocycles. The van der Waals surface area contributed by atoms with Crippen molar-refractivity contribution in [2.75, 3.05) is 12.0 Å². The standard InChI is InChI=1S/C43H39N9S/c1-3-4-24-37-45-38-39(44)46-42(53-2)47-41(38)51(37)29-30-25-27-31(28-26-30)35-22-14-15-23-36(35)40-48-49-50-52(40)43(32-16-8-5-9-17-32,33-18-10-6-11-19-33)34-20-12-7-13-21-34/h5-23,25-28H,3-4,24,29H2,1-2H3,(H2,44,46,47). The van der Waals surface area contributed by atoms with Gasteiger partial charge in [-0.2, -0.15) is 0 Å². The number of aromatic nitrogens is 8. The third kappa shape index (κ3) is 6.25. The highest BCUT2D eigenvalue weighted by molar-refractivity contribution is 7.98. The minimum atomic E-state index is -0.855. The van der Waals surface area contributed by atoms with Gasteiger partial charge in [0.15, 0.2) is 28.0 Å². The van der Waals surface area contributed by atoms with E-state index in [1.54, 1.807) is 0 Å². The van der Waals surface area contributed by atoms with E-state index in [9.17, 15) is 0 Å².